The maximum atomic E-state index is 12.6. The van der Waals surface area contributed by atoms with Gasteiger partial charge >= 0.3 is 0 Å². The van der Waals surface area contributed by atoms with Crippen LogP contribution in [-0.2, 0) is 10.0 Å². The molecule has 0 fully saturated rings. The first-order valence-corrected chi connectivity index (χ1v) is 9.58. The number of hydrogen-bond donors (Lipinski definition) is 1. The lowest BCUT2D eigenvalue weighted by Crippen LogP contribution is -2.28. The minimum atomic E-state index is -3.67. The molecular weight excluding hydrogens is 338 g/mol. The molecule has 2 aromatic rings. The fourth-order valence-electron chi connectivity index (χ4n) is 2.51. The molecule has 136 valence electrons. The summed E-state index contributed by atoms with van der Waals surface area (Å²) in [6.45, 7) is 8.19. The summed E-state index contributed by atoms with van der Waals surface area (Å²) < 4.78 is 38.6. The highest BCUT2D eigenvalue weighted by molar-refractivity contribution is 7.89. The zero-order valence-corrected chi connectivity index (χ0v) is 16.2. The van der Waals surface area contributed by atoms with Gasteiger partial charge in [-0.25, -0.2) is 13.1 Å². The van der Waals surface area contributed by atoms with Gasteiger partial charge in [0.05, 0.1) is 7.11 Å². The van der Waals surface area contributed by atoms with Crippen molar-refractivity contribution in [3.63, 3.8) is 0 Å². The van der Waals surface area contributed by atoms with Gasteiger partial charge in [0, 0.05) is 6.54 Å². The van der Waals surface area contributed by atoms with Crippen molar-refractivity contribution in [1.29, 1.82) is 0 Å². The highest BCUT2D eigenvalue weighted by Crippen LogP contribution is 2.27. The fourth-order valence-corrected chi connectivity index (χ4v) is 3.76. The molecule has 1 N–H and O–H groups in total. The van der Waals surface area contributed by atoms with Gasteiger partial charge in [-0.15, -0.1) is 0 Å². The molecule has 2 rings (SSSR count). The number of aryl methyl sites for hydroxylation is 4. The van der Waals surface area contributed by atoms with E-state index in [2.05, 4.69) is 4.72 Å². The molecule has 0 heterocycles. The Balaban J connectivity index is 2.03. The predicted molar refractivity (Wildman–Crippen MR) is 99.1 cm³/mol. The molecule has 0 aliphatic rings. The SMILES string of the molecule is COc1cc(C)c(C)cc1S(=O)(=O)NCCOc1ccc(C)cc1C. The number of rotatable bonds is 7. The summed E-state index contributed by atoms with van der Waals surface area (Å²) in [5.41, 5.74) is 4.06. The molecule has 0 unspecified atom stereocenters. The predicted octanol–water partition coefficient (Wildman–Crippen LogP) is 3.29. The molecule has 0 amide bonds. The summed E-state index contributed by atoms with van der Waals surface area (Å²) in [4.78, 5) is 0.143. The van der Waals surface area contributed by atoms with Crippen LogP contribution in [0.1, 0.15) is 22.3 Å². The minimum Gasteiger partial charge on any atom is -0.495 e. The molecule has 0 bridgehead atoms. The van der Waals surface area contributed by atoms with Crippen LogP contribution < -0.4 is 14.2 Å². The van der Waals surface area contributed by atoms with E-state index >= 15 is 0 Å². The third-order valence-corrected chi connectivity index (χ3v) is 5.53. The molecule has 25 heavy (non-hydrogen) atoms. The van der Waals surface area contributed by atoms with Crippen molar-refractivity contribution in [3.05, 3.63) is 52.6 Å². The first-order chi connectivity index (χ1) is 11.7. The number of sulfonamides is 1. The zero-order chi connectivity index (χ0) is 18.6. The van der Waals surface area contributed by atoms with Gasteiger partial charge in [0.1, 0.15) is 23.0 Å². The third-order valence-electron chi connectivity index (χ3n) is 4.05. The number of ether oxygens (including phenoxy) is 2. The van der Waals surface area contributed by atoms with Crippen LogP contribution in [0.25, 0.3) is 0 Å². The second kappa shape index (κ2) is 7.89. The average molecular weight is 363 g/mol. The van der Waals surface area contributed by atoms with Crippen LogP contribution in [0.4, 0.5) is 0 Å². The number of methoxy groups -OCH3 is 1. The van der Waals surface area contributed by atoms with Crippen molar-refractivity contribution < 1.29 is 17.9 Å². The number of nitrogens with one attached hydrogen (secondary N) is 1. The van der Waals surface area contributed by atoms with Crippen molar-refractivity contribution in [1.82, 2.24) is 4.72 Å². The van der Waals surface area contributed by atoms with Crippen molar-refractivity contribution in [2.45, 2.75) is 32.6 Å². The molecule has 0 spiro atoms. The molecule has 0 saturated carbocycles. The Labute approximate surface area is 150 Å². The second-order valence-corrected chi connectivity index (χ2v) is 7.84. The highest BCUT2D eigenvalue weighted by Gasteiger charge is 2.20. The van der Waals surface area contributed by atoms with Gasteiger partial charge in [-0.05, 0) is 62.6 Å². The van der Waals surface area contributed by atoms with E-state index in [1.165, 1.54) is 7.11 Å². The molecule has 6 heteroatoms. The Bertz CT molecular complexity index is 860. The van der Waals surface area contributed by atoms with Crippen LogP contribution in [0.15, 0.2) is 35.2 Å². The Hall–Kier alpha value is -2.05. The van der Waals surface area contributed by atoms with Gasteiger partial charge in [0.2, 0.25) is 10.0 Å². The van der Waals surface area contributed by atoms with Gasteiger partial charge in [-0.2, -0.15) is 0 Å². The molecule has 0 atom stereocenters. The average Bonchev–Trinajstić information content (AvgIpc) is 2.55. The van der Waals surface area contributed by atoms with E-state index in [0.717, 1.165) is 28.0 Å². The topological polar surface area (TPSA) is 64.6 Å². The van der Waals surface area contributed by atoms with E-state index < -0.39 is 10.0 Å². The van der Waals surface area contributed by atoms with E-state index in [0.29, 0.717) is 5.75 Å². The molecule has 0 radical (unpaired) electrons. The first kappa shape index (κ1) is 19.3. The number of hydrogen-bond acceptors (Lipinski definition) is 4. The summed E-state index contributed by atoms with van der Waals surface area (Å²) in [6.07, 6.45) is 0. The molecule has 2 aromatic carbocycles. The Morgan fingerprint density at radius 2 is 1.60 bits per heavy atom. The highest BCUT2D eigenvalue weighted by atomic mass is 32.2. The minimum absolute atomic E-state index is 0.143. The maximum Gasteiger partial charge on any atom is 0.244 e. The van der Waals surface area contributed by atoms with Gasteiger partial charge < -0.3 is 9.47 Å². The smallest absolute Gasteiger partial charge is 0.244 e. The van der Waals surface area contributed by atoms with E-state index in [9.17, 15) is 8.42 Å². The largest absolute Gasteiger partial charge is 0.495 e. The normalized spacial score (nSPS) is 11.4. The second-order valence-electron chi connectivity index (χ2n) is 6.10. The molecule has 0 aliphatic heterocycles. The molecule has 5 nitrogen and oxygen atoms in total. The Morgan fingerprint density at radius 1 is 0.920 bits per heavy atom. The zero-order valence-electron chi connectivity index (χ0n) is 15.3. The van der Waals surface area contributed by atoms with Crippen molar-refractivity contribution in [2.75, 3.05) is 20.3 Å². The van der Waals surface area contributed by atoms with Gasteiger partial charge in [-0.3, -0.25) is 0 Å². The van der Waals surface area contributed by atoms with Crippen molar-refractivity contribution in [3.8, 4) is 11.5 Å². The summed E-state index contributed by atoms with van der Waals surface area (Å²) in [5.74, 6) is 1.10. The lowest BCUT2D eigenvalue weighted by atomic mass is 10.1. The molecule has 0 aliphatic carbocycles. The van der Waals surface area contributed by atoms with Crippen LogP contribution in [0.5, 0.6) is 11.5 Å². The summed E-state index contributed by atoms with van der Waals surface area (Å²) >= 11 is 0. The molecule has 0 aromatic heterocycles. The molecular formula is C19H25NO4S. The number of benzene rings is 2. The van der Waals surface area contributed by atoms with Crippen LogP contribution in [0.2, 0.25) is 0 Å². The standard InChI is InChI=1S/C19H25NO4S/c1-13-6-7-17(16(4)10-13)24-9-8-20-25(21,22)19-12-15(3)14(2)11-18(19)23-5/h6-7,10-12,20H,8-9H2,1-5H3. The lowest BCUT2D eigenvalue weighted by molar-refractivity contribution is 0.320. The monoisotopic (exact) mass is 363 g/mol. The first-order valence-electron chi connectivity index (χ1n) is 8.09. The van der Waals surface area contributed by atoms with E-state index in [1.807, 2.05) is 45.9 Å². The summed E-state index contributed by atoms with van der Waals surface area (Å²) in [7, 11) is -2.20. The van der Waals surface area contributed by atoms with E-state index in [-0.39, 0.29) is 18.0 Å². The quantitative estimate of drug-likeness (QED) is 0.767. The van der Waals surface area contributed by atoms with Crippen molar-refractivity contribution >= 4 is 10.0 Å². The summed E-state index contributed by atoms with van der Waals surface area (Å²) in [5, 5.41) is 0. The van der Waals surface area contributed by atoms with E-state index in [4.69, 9.17) is 9.47 Å². The van der Waals surface area contributed by atoms with Crippen LogP contribution >= 0.6 is 0 Å². The van der Waals surface area contributed by atoms with Crippen molar-refractivity contribution in [2.24, 2.45) is 0 Å². The summed E-state index contributed by atoms with van der Waals surface area (Å²) in [6, 6.07) is 9.25. The van der Waals surface area contributed by atoms with E-state index in [1.54, 1.807) is 12.1 Å². The third kappa shape index (κ3) is 4.74. The maximum absolute atomic E-state index is 12.6. The van der Waals surface area contributed by atoms with Crippen LogP contribution in [0, 0.1) is 27.7 Å². The van der Waals surface area contributed by atoms with Crippen LogP contribution in [0.3, 0.4) is 0 Å². The lowest BCUT2D eigenvalue weighted by Gasteiger charge is -2.14. The fraction of sp³-hybridized carbons (Fsp3) is 0.368. The Kier molecular flexibility index (Phi) is 6.08. The van der Waals surface area contributed by atoms with Gasteiger partial charge in [-0.1, -0.05) is 17.7 Å². The van der Waals surface area contributed by atoms with Crippen LogP contribution in [-0.4, -0.2) is 28.7 Å². The van der Waals surface area contributed by atoms with Gasteiger partial charge in [0.15, 0.2) is 0 Å². The Morgan fingerprint density at radius 3 is 2.24 bits per heavy atom. The molecule has 0 saturated heterocycles. The van der Waals surface area contributed by atoms with Gasteiger partial charge in [0.25, 0.3) is 0 Å².